The molecule has 0 saturated heterocycles. The highest BCUT2D eigenvalue weighted by molar-refractivity contribution is 6.62. The van der Waals surface area contributed by atoms with Gasteiger partial charge in [0.1, 0.15) is 0 Å². The molecule has 1 aromatic rings. The minimum absolute atomic E-state index is 0.445. The van der Waals surface area contributed by atoms with Crippen molar-refractivity contribution in [1.29, 1.82) is 0 Å². The topological polar surface area (TPSA) is 29.5 Å². The second-order valence-corrected chi connectivity index (χ2v) is 4.15. The average Bonchev–Trinajstić information content (AvgIpc) is 2.23. The molecule has 0 radical (unpaired) electrons. The first kappa shape index (κ1) is 9.07. The third kappa shape index (κ3) is 1.37. The molecule has 0 aliphatic carbocycles. The SMILES string of the molecule is CC1(C)OB(O)c2ccc(Cl)cc21. The summed E-state index contributed by atoms with van der Waals surface area (Å²) in [4.78, 5) is 0. The molecule has 0 saturated carbocycles. The quantitative estimate of drug-likeness (QED) is 0.634. The summed E-state index contributed by atoms with van der Waals surface area (Å²) in [6.45, 7) is 3.83. The van der Waals surface area contributed by atoms with E-state index in [0.717, 1.165) is 11.0 Å². The molecule has 1 heterocycles. The van der Waals surface area contributed by atoms with Crippen molar-refractivity contribution in [3.8, 4) is 0 Å². The predicted octanol–water partition coefficient (Wildman–Crippen LogP) is 1.29. The molecule has 2 rings (SSSR count). The van der Waals surface area contributed by atoms with Gasteiger partial charge in [0.25, 0.3) is 0 Å². The van der Waals surface area contributed by atoms with Crippen LogP contribution < -0.4 is 5.46 Å². The van der Waals surface area contributed by atoms with Gasteiger partial charge in [-0.2, -0.15) is 0 Å². The molecular formula is C9H10BClO2. The van der Waals surface area contributed by atoms with Crippen LogP contribution in [0.4, 0.5) is 0 Å². The molecule has 13 heavy (non-hydrogen) atoms. The summed E-state index contributed by atoms with van der Waals surface area (Å²) in [5.41, 5.74) is 1.33. The first-order valence-electron chi connectivity index (χ1n) is 4.16. The zero-order valence-corrected chi connectivity index (χ0v) is 8.30. The Labute approximate surface area is 82.6 Å². The van der Waals surface area contributed by atoms with E-state index >= 15 is 0 Å². The molecule has 0 fully saturated rings. The third-order valence-electron chi connectivity index (χ3n) is 2.34. The van der Waals surface area contributed by atoms with Crippen molar-refractivity contribution in [2.45, 2.75) is 19.4 Å². The molecule has 1 aliphatic rings. The van der Waals surface area contributed by atoms with Crippen molar-refractivity contribution in [2.75, 3.05) is 0 Å². The summed E-state index contributed by atoms with van der Waals surface area (Å²) in [5.74, 6) is 0. The molecule has 1 N–H and O–H groups in total. The van der Waals surface area contributed by atoms with E-state index < -0.39 is 12.7 Å². The zero-order valence-electron chi connectivity index (χ0n) is 7.54. The van der Waals surface area contributed by atoms with Gasteiger partial charge in [0, 0.05) is 5.02 Å². The van der Waals surface area contributed by atoms with E-state index in [1.807, 2.05) is 19.9 Å². The van der Waals surface area contributed by atoms with Crippen LogP contribution in [0.5, 0.6) is 0 Å². The summed E-state index contributed by atoms with van der Waals surface area (Å²) in [7, 11) is -0.817. The van der Waals surface area contributed by atoms with E-state index in [1.54, 1.807) is 12.1 Å². The summed E-state index contributed by atoms with van der Waals surface area (Å²) in [5, 5.41) is 10.2. The summed E-state index contributed by atoms with van der Waals surface area (Å²) in [6.07, 6.45) is 0. The largest absolute Gasteiger partial charge is 0.492 e. The summed E-state index contributed by atoms with van der Waals surface area (Å²) >= 11 is 5.86. The smallest absolute Gasteiger partial charge is 0.423 e. The van der Waals surface area contributed by atoms with Gasteiger partial charge < -0.3 is 9.68 Å². The van der Waals surface area contributed by atoms with Gasteiger partial charge in [0.15, 0.2) is 0 Å². The normalized spacial score (nSPS) is 18.9. The van der Waals surface area contributed by atoms with Gasteiger partial charge in [0.2, 0.25) is 0 Å². The molecule has 68 valence electrons. The van der Waals surface area contributed by atoms with Crippen molar-refractivity contribution < 1.29 is 9.68 Å². The van der Waals surface area contributed by atoms with Gasteiger partial charge in [-0.15, -0.1) is 0 Å². The minimum atomic E-state index is -0.817. The highest BCUT2D eigenvalue weighted by Crippen LogP contribution is 2.30. The predicted molar refractivity (Wildman–Crippen MR) is 53.2 cm³/mol. The van der Waals surface area contributed by atoms with Crippen molar-refractivity contribution >= 4 is 24.2 Å². The number of hydrogen-bond acceptors (Lipinski definition) is 2. The van der Waals surface area contributed by atoms with Gasteiger partial charge in [-0.1, -0.05) is 17.7 Å². The lowest BCUT2D eigenvalue weighted by Gasteiger charge is -2.19. The maximum atomic E-state index is 9.54. The molecule has 0 atom stereocenters. The number of rotatable bonds is 0. The maximum absolute atomic E-state index is 9.54. The van der Waals surface area contributed by atoms with Crippen LogP contribution in [0.1, 0.15) is 19.4 Å². The van der Waals surface area contributed by atoms with Crippen LogP contribution in [0, 0.1) is 0 Å². The fraction of sp³-hybridized carbons (Fsp3) is 0.333. The van der Waals surface area contributed by atoms with Crippen molar-refractivity contribution in [1.82, 2.24) is 0 Å². The Morgan fingerprint density at radius 3 is 2.85 bits per heavy atom. The van der Waals surface area contributed by atoms with Gasteiger partial charge in [0.05, 0.1) is 5.60 Å². The molecule has 1 aromatic carbocycles. The van der Waals surface area contributed by atoms with Crippen LogP contribution in [-0.4, -0.2) is 12.1 Å². The van der Waals surface area contributed by atoms with Gasteiger partial charge >= 0.3 is 7.12 Å². The van der Waals surface area contributed by atoms with E-state index in [-0.39, 0.29) is 0 Å². The molecule has 0 amide bonds. The Balaban J connectivity index is 2.60. The van der Waals surface area contributed by atoms with E-state index in [0.29, 0.717) is 5.02 Å². The molecule has 4 heteroatoms. The molecule has 0 unspecified atom stereocenters. The molecule has 0 spiro atoms. The Morgan fingerprint density at radius 1 is 1.46 bits per heavy atom. The van der Waals surface area contributed by atoms with E-state index in [2.05, 4.69) is 0 Å². The lowest BCUT2D eigenvalue weighted by Crippen LogP contribution is -2.28. The molecule has 0 bridgehead atoms. The molecule has 2 nitrogen and oxygen atoms in total. The highest BCUT2D eigenvalue weighted by Gasteiger charge is 2.40. The Hall–Kier alpha value is -0.505. The van der Waals surface area contributed by atoms with E-state index in [9.17, 15) is 5.02 Å². The fourth-order valence-corrected chi connectivity index (χ4v) is 1.84. The van der Waals surface area contributed by atoms with Crippen LogP contribution in [0.15, 0.2) is 18.2 Å². The minimum Gasteiger partial charge on any atom is -0.423 e. The molecular weight excluding hydrogens is 186 g/mol. The maximum Gasteiger partial charge on any atom is 0.492 e. The fourth-order valence-electron chi connectivity index (χ4n) is 1.67. The lowest BCUT2D eigenvalue weighted by atomic mass is 9.78. The lowest BCUT2D eigenvalue weighted by molar-refractivity contribution is 0.101. The van der Waals surface area contributed by atoms with Gasteiger partial charge in [-0.05, 0) is 37.0 Å². The van der Waals surface area contributed by atoms with Crippen LogP contribution in [0.2, 0.25) is 5.02 Å². The summed E-state index contributed by atoms with van der Waals surface area (Å²) in [6, 6.07) is 5.40. The van der Waals surface area contributed by atoms with E-state index in [1.165, 1.54) is 0 Å². The van der Waals surface area contributed by atoms with Gasteiger partial charge in [-0.25, -0.2) is 0 Å². The highest BCUT2D eigenvalue weighted by atomic mass is 35.5. The van der Waals surface area contributed by atoms with E-state index in [4.69, 9.17) is 16.3 Å². The molecule has 1 aliphatic heterocycles. The Bertz CT molecular complexity index is 351. The van der Waals surface area contributed by atoms with Crippen molar-refractivity contribution in [3.05, 3.63) is 28.8 Å². The summed E-state index contributed by atoms with van der Waals surface area (Å²) < 4.78 is 5.37. The van der Waals surface area contributed by atoms with Gasteiger partial charge in [-0.3, -0.25) is 0 Å². The van der Waals surface area contributed by atoms with Crippen LogP contribution >= 0.6 is 11.6 Å². The number of halogens is 1. The third-order valence-corrected chi connectivity index (χ3v) is 2.57. The number of hydrogen-bond donors (Lipinski definition) is 1. The molecule has 0 aromatic heterocycles. The van der Waals surface area contributed by atoms with Crippen LogP contribution in [-0.2, 0) is 10.3 Å². The van der Waals surface area contributed by atoms with Crippen LogP contribution in [0.3, 0.4) is 0 Å². The zero-order chi connectivity index (χ0) is 9.64. The van der Waals surface area contributed by atoms with Crippen LogP contribution in [0.25, 0.3) is 0 Å². The Kier molecular flexibility index (Phi) is 1.91. The second kappa shape index (κ2) is 2.74. The second-order valence-electron chi connectivity index (χ2n) is 3.71. The monoisotopic (exact) mass is 196 g/mol. The average molecular weight is 196 g/mol. The first-order valence-corrected chi connectivity index (χ1v) is 4.54. The Morgan fingerprint density at radius 2 is 2.15 bits per heavy atom. The number of benzene rings is 1. The van der Waals surface area contributed by atoms with Crippen molar-refractivity contribution in [3.63, 3.8) is 0 Å². The number of fused-ring (bicyclic) bond motifs is 1. The first-order chi connectivity index (χ1) is 6.00. The van der Waals surface area contributed by atoms with Crippen molar-refractivity contribution in [2.24, 2.45) is 0 Å². The standard InChI is InChI=1S/C9H10BClO2/c1-9(2)7-5-6(11)3-4-8(7)10(12)13-9/h3-5,12H,1-2H3.